The number of carbonyl (C=O) groups excluding carboxylic acids is 1. The third-order valence-corrected chi connectivity index (χ3v) is 5.53. The fourth-order valence-electron chi connectivity index (χ4n) is 3.86. The van der Waals surface area contributed by atoms with Crippen LogP contribution in [-0.2, 0) is 0 Å². The number of benzene rings is 2. The topological polar surface area (TPSA) is 48.1 Å². The molecule has 140 valence electrons. The van der Waals surface area contributed by atoms with Gasteiger partial charge in [0.2, 0.25) is 0 Å². The molecule has 1 aromatic heterocycles. The lowest BCUT2D eigenvalue weighted by molar-refractivity contribution is 0.102. The molecule has 1 aliphatic rings. The van der Waals surface area contributed by atoms with Crippen molar-refractivity contribution < 1.29 is 9.18 Å². The smallest absolute Gasteiger partial charge is 0.272 e. The van der Waals surface area contributed by atoms with Crippen molar-refractivity contribution in [2.45, 2.75) is 25.7 Å². The minimum atomic E-state index is -0.324. The van der Waals surface area contributed by atoms with E-state index < -0.39 is 0 Å². The summed E-state index contributed by atoms with van der Waals surface area (Å²) in [5, 5.41) is 3.39. The Labute approximate surface area is 158 Å². The van der Waals surface area contributed by atoms with Crippen LogP contribution in [0.15, 0.2) is 42.5 Å². The number of carbonyl (C=O) groups is 1. The van der Waals surface area contributed by atoms with Gasteiger partial charge in [-0.15, -0.1) is 0 Å². The van der Waals surface area contributed by atoms with E-state index in [-0.39, 0.29) is 11.7 Å². The van der Waals surface area contributed by atoms with Crippen molar-refractivity contribution in [2.75, 3.05) is 25.5 Å². The van der Waals surface area contributed by atoms with Crippen LogP contribution in [0.4, 0.5) is 10.1 Å². The molecule has 0 radical (unpaired) electrons. The van der Waals surface area contributed by atoms with Crippen LogP contribution in [0.25, 0.3) is 10.9 Å². The summed E-state index contributed by atoms with van der Waals surface area (Å²) in [6.07, 6.45) is 2.27. The van der Waals surface area contributed by atoms with Gasteiger partial charge in [0.15, 0.2) is 0 Å². The maximum atomic E-state index is 14.0. The van der Waals surface area contributed by atoms with Crippen molar-refractivity contribution in [2.24, 2.45) is 0 Å². The summed E-state index contributed by atoms with van der Waals surface area (Å²) in [5.41, 5.74) is 3.98. The van der Waals surface area contributed by atoms with Crippen molar-refractivity contribution in [3.63, 3.8) is 0 Å². The first kappa shape index (κ1) is 17.7. The highest BCUT2D eigenvalue weighted by Gasteiger charge is 2.19. The first-order valence-electron chi connectivity index (χ1n) is 9.39. The number of anilines is 1. The number of halogens is 1. The number of H-pyrrole nitrogens is 1. The van der Waals surface area contributed by atoms with Crippen molar-refractivity contribution in [1.82, 2.24) is 9.88 Å². The van der Waals surface area contributed by atoms with Crippen molar-refractivity contribution in [1.29, 1.82) is 0 Å². The Hall–Kier alpha value is -2.66. The van der Waals surface area contributed by atoms with Gasteiger partial charge >= 0.3 is 0 Å². The molecule has 5 heteroatoms. The highest BCUT2D eigenvalue weighted by atomic mass is 19.1. The summed E-state index contributed by atoms with van der Waals surface area (Å²) < 4.78 is 14.0. The van der Waals surface area contributed by atoms with E-state index in [1.54, 1.807) is 12.1 Å². The second-order valence-corrected chi connectivity index (χ2v) is 7.49. The highest BCUT2D eigenvalue weighted by molar-refractivity contribution is 6.06. The lowest BCUT2D eigenvalue weighted by Crippen LogP contribution is -2.29. The second-order valence-electron chi connectivity index (χ2n) is 7.49. The molecule has 3 aromatic rings. The lowest BCUT2D eigenvalue weighted by atomic mass is 9.89. The Morgan fingerprint density at radius 3 is 2.70 bits per heavy atom. The summed E-state index contributed by atoms with van der Waals surface area (Å²) in [6.45, 7) is 4.09. The molecule has 0 unspecified atom stereocenters. The largest absolute Gasteiger partial charge is 0.350 e. The molecule has 0 atom stereocenters. The molecule has 2 N–H and O–H groups in total. The maximum Gasteiger partial charge on any atom is 0.272 e. The number of hydrogen-bond donors (Lipinski definition) is 2. The zero-order valence-electron chi connectivity index (χ0n) is 15.7. The Morgan fingerprint density at radius 2 is 1.96 bits per heavy atom. The molecule has 2 heterocycles. The van der Waals surface area contributed by atoms with Gasteiger partial charge in [-0.05, 0) is 81.2 Å². The van der Waals surface area contributed by atoms with E-state index in [2.05, 4.69) is 34.4 Å². The van der Waals surface area contributed by atoms with Gasteiger partial charge in [-0.2, -0.15) is 0 Å². The molecule has 0 bridgehead atoms. The van der Waals surface area contributed by atoms with Crippen molar-refractivity contribution in [3.8, 4) is 0 Å². The van der Waals surface area contributed by atoms with Gasteiger partial charge < -0.3 is 15.2 Å². The van der Waals surface area contributed by atoms with Crippen LogP contribution in [0.2, 0.25) is 0 Å². The average molecular weight is 365 g/mol. The van der Waals surface area contributed by atoms with E-state index in [1.807, 2.05) is 19.1 Å². The van der Waals surface area contributed by atoms with E-state index in [9.17, 15) is 9.18 Å². The molecule has 4 rings (SSSR count). The summed E-state index contributed by atoms with van der Waals surface area (Å²) >= 11 is 0. The number of amides is 1. The SMILES string of the molecule is Cc1ccc(F)c2cc(C(=O)Nc3cccc(C4CCN(C)CC4)c3)[nH]c12. The van der Waals surface area contributed by atoms with Gasteiger partial charge in [-0.1, -0.05) is 18.2 Å². The molecule has 1 fully saturated rings. The molecule has 1 saturated heterocycles. The van der Waals surface area contributed by atoms with Crippen LogP contribution in [-0.4, -0.2) is 35.9 Å². The number of likely N-dealkylation sites (tertiary alicyclic amines) is 1. The minimum Gasteiger partial charge on any atom is -0.350 e. The van der Waals surface area contributed by atoms with Crippen molar-refractivity contribution >= 4 is 22.5 Å². The quantitative estimate of drug-likeness (QED) is 0.708. The Morgan fingerprint density at radius 1 is 1.19 bits per heavy atom. The number of aromatic amines is 1. The molecule has 27 heavy (non-hydrogen) atoms. The van der Waals surface area contributed by atoms with Gasteiger partial charge in [0.25, 0.3) is 5.91 Å². The number of aromatic nitrogens is 1. The first-order valence-corrected chi connectivity index (χ1v) is 9.39. The Kier molecular flexibility index (Phi) is 4.70. The van der Waals surface area contributed by atoms with E-state index in [0.29, 0.717) is 22.5 Å². The summed E-state index contributed by atoms with van der Waals surface area (Å²) in [7, 11) is 2.15. The number of nitrogens with zero attached hydrogens (tertiary/aromatic N) is 1. The van der Waals surface area contributed by atoms with E-state index in [0.717, 1.165) is 37.2 Å². The molecule has 0 aliphatic carbocycles. The van der Waals surface area contributed by atoms with E-state index >= 15 is 0 Å². The second kappa shape index (κ2) is 7.16. The highest BCUT2D eigenvalue weighted by Crippen LogP contribution is 2.29. The van der Waals surface area contributed by atoms with E-state index in [1.165, 1.54) is 11.6 Å². The average Bonchev–Trinajstić information content (AvgIpc) is 3.13. The molecule has 1 aliphatic heterocycles. The maximum absolute atomic E-state index is 14.0. The molecule has 4 nitrogen and oxygen atoms in total. The standard InChI is InChI=1S/C22H24FN3O/c1-14-6-7-19(23)18-13-20(25-21(14)18)22(27)24-17-5-3-4-16(12-17)15-8-10-26(2)11-9-15/h3-7,12-13,15,25H,8-11H2,1-2H3,(H,24,27). The molecular formula is C22H24FN3O. The number of rotatable bonds is 3. The van der Waals surface area contributed by atoms with Gasteiger partial charge in [-0.3, -0.25) is 4.79 Å². The van der Waals surface area contributed by atoms with Crippen LogP contribution in [0.5, 0.6) is 0 Å². The fourth-order valence-corrected chi connectivity index (χ4v) is 3.86. The zero-order chi connectivity index (χ0) is 19.0. The minimum absolute atomic E-state index is 0.259. The third-order valence-electron chi connectivity index (χ3n) is 5.53. The van der Waals surface area contributed by atoms with Crippen LogP contribution in [0.1, 0.15) is 40.4 Å². The van der Waals surface area contributed by atoms with Gasteiger partial charge in [-0.25, -0.2) is 4.39 Å². The molecule has 0 saturated carbocycles. The van der Waals surface area contributed by atoms with E-state index in [4.69, 9.17) is 0 Å². The Balaban J connectivity index is 1.54. The summed E-state index contributed by atoms with van der Waals surface area (Å²) in [4.78, 5) is 18.1. The Bertz CT molecular complexity index is 947. The van der Waals surface area contributed by atoms with Crippen LogP contribution in [0, 0.1) is 12.7 Å². The first-order chi connectivity index (χ1) is 13.0. The van der Waals surface area contributed by atoms with Gasteiger partial charge in [0.1, 0.15) is 11.5 Å². The number of aryl methyl sites for hydroxylation is 1. The number of nitrogens with one attached hydrogen (secondary N) is 2. The normalized spacial score (nSPS) is 16.0. The number of fused-ring (bicyclic) bond motifs is 1. The van der Waals surface area contributed by atoms with Gasteiger partial charge in [0.05, 0.1) is 5.52 Å². The monoisotopic (exact) mass is 365 g/mol. The summed E-state index contributed by atoms with van der Waals surface area (Å²) in [5.74, 6) is -0.0523. The third kappa shape index (κ3) is 3.60. The molecule has 0 spiro atoms. The fraction of sp³-hybridized carbons (Fsp3) is 0.318. The molecular weight excluding hydrogens is 341 g/mol. The van der Waals surface area contributed by atoms with Crippen LogP contribution < -0.4 is 5.32 Å². The summed E-state index contributed by atoms with van der Waals surface area (Å²) in [6, 6.07) is 12.8. The predicted octanol–water partition coefficient (Wildman–Crippen LogP) is 4.68. The zero-order valence-corrected chi connectivity index (χ0v) is 15.7. The molecule has 2 aromatic carbocycles. The number of hydrogen-bond acceptors (Lipinski definition) is 2. The van der Waals surface area contributed by atoms with Crippen LogP contribution in [0.3, 0.4) is 0 Å². The van der Waals surface area contributed by atoms with Gasteiger partial charge in [0, 0.05) is 11.1 Å². The van der Waals surface area contributed by atoms with Crippen molar-refractivity contribution in [3.05, 3.63) is 65.1 Å². The number of piperidine rings is 1. The molecule has 1 amide bonds. The predicted molar refractivity (Wildman–Crippen MR) is 107 cm³/mol. The lowest BCUT2D eigenvalue weighted by Gasteiger charge is -2.29. The van der Waals surface area contributed by atoms with Crippen LogP contribution >= 0.6 is 0 Å².